The molecule has 1 aromatic carbocycles. The number of pyridine rings is 1. The van der Waals surface area contributed by atoms with Gasteiger partial charge < -0.3 is 0 Å². The van der Waals surface area contributed by atoms with Crippen molar-refractivity contribution in [2.75, 3.05) is 0 Å². The van der Waals surface area contributed by atoms with Crippen LogP contribution in [0.5, 0.6) is 0 Å². The van der Waals surface area contributed by atoms with Crippen LogP contribution in [-0.4, -0.2) is 4.98 Å². The highest BCUT2D eigenvalue weighted by Crippen LogP contribution is 2.20. The van der Waals surface area contributed by atoms with Crippen molar-refractivity contribution in [3.05, 3.63) is 39.8 Å². The number of fused-ring (bicyclic) bond motifs is 1. The molecule has 1 heterocycles. The van der Waals surface area contributed by atoms with Gasteiger partial charge in [-0.2, -0.15) is 0 Å². The molecule has 0 saturated heterocycles. The van der Waals surface area contributed by atoms with Crippen molar-refractivity contribution in [1.29, 1.82) is 0 Å². The highest BCUT2D eigenvalue weighted by molar-refractivity contribution is 14.1. The Morgan fingerprint density at radius 3 is 2.83 bits per heavy atom. The largest absolute Gasteiger partial charge is 0.253 e. The molecule has 0 N–H and O–H groups in total. The number of rotatable bonds is 0. The van der Waals surface area contributed by atoms with E-state index in [2.05, 4.69) is 4.98 Å². The van der Waals surface area contributed by atoms with Gasteiger partial charge in [0.15, 0.2) is 5.82 Å². The van der Waals surface area contributed by atoms with Crippen LogP contribution in [0.15, 0.2) is 30.5 Å². The number of hydrogen-bond acceptors (Lipinski definition) is 1. The second-order valence-corrected chi connectivity index (χ2v) is 3.52. The Labute approximate surface area is 82.8 Å². The quantitative estimate of drug-likeness (QED) is 0.672. The zero-order valence-electron chi connectivity index (χ0n) is 6.09. The topological polar surface area (TPSA) is 12.9 Å². The molecule has 0 atom stereocenters. The summed E-state index contributed by atoms with van der Waals surface area (Å²) in [6.45, 7) is 0. The summed E-state index contributed by atoms with van der Waals surface area (Å²) in [5, 5.41) is 0.873. The minimum Gasteiger partial charge on any atom is -0.253 e. The second kappa shape index (κ2) is 2.97. The fourth-order valence-electron chi connectivity index (χ4n) is 1.08. The van der Waals surface area contributed by atoms with Crippen LogP contribution in [0.1, 0.15) is 0 Å². The zero-order valence-corrected chi connectivity index (χ0v) is 8.25. The van der Waals surface area contributed by atoms with E-state index in [1.54, 1.807) is 0 Å². The smallest absolute Gasteiger partial charge is 0.155 e. The molecule has 0 aliphatic heterocycles. The first kappa shape index (κ1) is 7.91. The van der Waals surface area contributed by atoms with E-state index in [1.165, 1.54) is 6.20 Å². The highest BCUT2D eigenvalue weighted by Gasteiger charge is 2.03. The molecule has 60 valence electrons. The van der Waals surface area contributed by atoms with Gasteiger partial charge in [-0.05, 0) is 28.7 Å². The standard InChI is InChI=1S/C9H5FIN/c10-7-5-12-8-4-2-1-3-6(8)9(7)11/h1-5H. The summed E-state index contributed by atoms with van der Waals surface area (Å²) < 4.78 is 13.6. The molecular formula is C9H5FIN. The summed E-state index contributed by atoms with van der Waals surface area (Å²) in [5.41, 5.74) is 0.836. The average molecular weight is 273 g/mol. The predicted molar refractivity (Wildman–Crippen MR) is 54.4 cm³/mol. The molecule has 2 aromatic rings. The molecule has 0 unspecified atom stereocenters. The van der Waals surface area contributed by atoms with Crippen LogP contribution < -0.4 is 0 Å². The van der Waals surface area contributed by atoms with Crippen LogP contribution in [0.4, 0.5) is 4.39 Å². The zero-order chi connectivity index (χ0) is 8.55. The lowest BCUT2D eigenvalue weighted by Crippen LogP contribution is -1.86. The normalized spacial score (nSPS) is 10.5. The first-order valence-corrected chi connectivity index (χ1v) is 4.55. The number of aromatic nitrogens is 1. The molecule has 0 radical (unpaired) electrons. The van der Waals surface area contributed by atoms with Gasteiger partial charge in [0.1, 0.15) is 0 Å². The van der Waals surface area contributed by atoms with Gasteiger partial charge >= 0.3 is 0 Å². The summed E-state index contributed by atoms with van der Waals surface area (Å²) in [6.07, 6.45) is 1.25. The lowest BCUT2D eigenvalue weighted by molar-refractivity contribution is 0.617. The fourth-order valence-corrected chi connectivity index (χ4v) is 1.68. The molecular weight excluding hydrogens is 268 g/mol. The molecule has 1 aromatic heterocycles. The maximum Gasteiger partial charge on any atom is 0.155 e. The first-order valence-electron chi connectivity index (χ1n) is 3.48. The third-order valence-corrected chi connectivity index (χ3v) is 2.76. The number of nitrogens with zero attached hydrogens (tertiary/aromatic N) is 1. The van der Waals surface area contributed by atoms with E-state index in [4.69, 9.17) is 0 Å². The molecule has 0 bridgehead atoms. The van der Waals surface area contributed by atoms with Crippen molar-refractivity contribution in [1.82, 2.24) is 4.98 Å². The van der Waals surface area contributed by atoms with Crippen molar-refractivity contribution in [3.63, 3.8) is 0 Å². The van der Waals surface area contributed by atoms with E-state index in [1.807, 2.05) is 46.9 Å². The van der Waals surface area contributed by atoms with E-state index in [0.717, 1.165) is 10.9 Å². The molecule has 0 aliphatic rings. The lowest BCUT2D eigenvalue weighted by Gasteiger charge is -1.99. The predicted octanol–water partition coefficient (Wildman–Crippen LogP) is 2.98. The van der Waals surface area contributed by atoms with Gasteiger partial charge in [-0.3, -0.25) is 4.98 Å². The summed E-state index contributed by atoms with van der Waals surface area (Å²) in [5.74, 6) is -0.255. The second-order valence-electron chi connectivity index (χ2n) is 2.44. The maximum absolute atomic E-state index is 13.0. The SMILES string of the molecule is Fc1cnc2ccccc2c1I. The number of hydrogen-bond donors (Lipinski definition) is 0. The van der Waals surface area contributed by atoms with Crippen molar-refractivity contribution in [3.8, 4) is 0 Å². The molecule has 0 saturated carbocycles. The molecule has 1 nitrogen and oxygen atoms in total. The van der Waals surface area contributed by atoms with Gasteiger partial charge in [0, 0.05) is 5.39 Å². The summed E-state index contributed by atoms with van der Waals surface area (Å²) in [4.78, 5) is 3.96. The van der Waals surface area contributed by atoms with E-state index in [9.17, 15) is 4.39 Å². The van der Waals surface area contributed by atoms with E-state index in [0.29, 0.717) is 3.57 Å². The van der Waals surface area contributed by atoms with Crippen molar-refractivity contribution in [2.45, 2.75) is 0 Å². The molecule has 0 aliphatic carbocycles. The molecule has 2 rings (SSSR count). The summed E-state index contributed by atoms with van der Waals surface area (Å²) in [6, 6.07) is 7.51. The average Bonchev–Trinajstić information content (AvgIpc) is 2.12. The Morgan fingerprint density at radius 2 is 2.00 bits per heavy atom. The summed E-state index contributed by atoms with van der Waals surface area (Å²) in [7, 11) is 0. The minimum atomic E-state index is -0.255. The van der Waals surface area contributed by atoms with Gasteiger partial charge in [-0.15, -0.1) is 0 Å². The molecule has 12 heavy (non-hydrogen) atoms. The van der Waals surface area contributed by atoms with Crippen LogP contribution in [0.25, 0.3) is 10.9 Å². The lowest BCUT2D eigenvalue weighted by atomic mass is 10.2. The van der Waals surface area contributed by atoms with E-state index in [-0.39, 0.29) is 5.82 Å². The molecule has 0 spiro atoms. The molecule has 3 heteroatoms. The van der Waals surface area contributed by atoms with Gasteiger partial charge in [-0.1, -0.05) is 18.2 Å². The van der Waals surface area contributed by atoms with Crippen LogP contribution in [0.3, 0.4) is 0 Å². The monoisotopic (exact) mass is 273 g/mol. The van der Waals surface area contributed by atoms with Crippen molar-refractivity contribution >= 4 is 33.5 Å². The Balaban J connectivity index is 2.91. The third-order valence-electron chi connectivity index (χ3n) is 1.67. The minimum absolute atomic E-state index is 0.255. The summed E-state index contributed by atoms with van der Waals surface area (Å²) >= 11 is 1.99. The Hall–Kier alpha value is -0.710. The van der Waals surface area contributed by atoms with Crippen molar-refractivity contribution in [2.24, 2.45) is 0 Å². The third kappa shape index (κ3) is 1.18. The van der Waals surface area contributed by atoms with Gasteiger partial charge in [0.05, 0.1) is 15.3 Å². The van der Waals surface area contributed by atoms with Gasteiger partial charge in [0.2, 0.25) is 0 Å². The van der Waals surface area contributed by atoms with E-state index < -0.39 is 0 Å². The first-order chi connectivity index (χ1) is 5.79. The Morgan fingerprint density at radius 1 is 1.25 bits per heavy atom. The van der Waals surface area contributed by atoms with Gasteiger partial charge in [-0.25, -0.2) is 4.39 Å². The van der Waals surface area contributed by atoms with Crippen molar-refractivity contribution < 1.29 is 4.39 Å². The van der Waals surface area contributed by atoms with Crippen LogP contribution >= 0.6 is 22.6 Å². The number of benzene rings is 1. The molecule has 0 amide bonds. The Bertz CT molecular complexity index is 428. The van der Waals surface area contributed by atoms with Gasteiger partial charge in [0.25, 0.3) is 0 Å². The number of halogens is 2. The number of para-hydroxylation sites is 1. The van der Waals surface area contributed by atoms with Crippen LogP contribution in [0, 0.1) is 9.39 Å². The van der Waals surface area contributed by atoms with Crippen LogP contribution in [0.2, 0.25) is 0 Å². The fraction of sp³-hybridized carbons (Fsp3) is 0. The van der Waals surface area contributed by atoms with Crippen LogP contribution in [-0.2, 0) is 0 Å². The molecule has 0 fully saturated rings. The Kier molecular flexibility index (Phi) is 1.96. The maximum atomic E-state index is 13.0. The highest BCUT2D eigenvalue weighted by atomic mass is 127. The van der Waals surface area contributed by atoms with E-state index >= 15 is 0 Å².